The molecule has 0 heterocycles. The summed E-state index contributed by atoms with van der Waals surface area (Å²) in [5, 5.41) is 14.3. The van der Waals surface area contributed by atoms with Gasteiger partial charge in [-0.25, -0.2) is 0 Å². The number of thiocarbonyl (C=S) groups is 1. The van der Waals surface area contributed by atoms with E-state index < -0.39 is 4.92 Å². The van der Waals surface area contributed by atoms with Gasteiger partial charge in [0.25, 0.3) is 5.69 Å². The Hall–Kier alpha value is -1.47. The van der Waals surface area contributed by atoms with Crippen LogP contribution in [0.5, 0.6) is 0 Å². The van der Waals surface area contributed by atoms with Crippen LogP contribution < -0.4 is 5.43 Å². The maximum atomic E-state index is 10.4. The number of hydrogen-bond acceptors (Lipinski definition) is 5. The zero-order valence-electron chi connectivity index (χ0n) is 8.41. The molecular formula is C9H9N3O2S2. The van der Waals surface area contributed by atoms with Crippen LogP contribution in [0.25, 0.3) is 0 Å². The molecule has 16 heavy (non-hydrogen) atoms. The van der Waals surface area contributed by atoms with Crippen molar-refractivity contribution in [3.8, 4) is 0 Å². The number of benzene rings is 1. The highest BCUT2D eigenvalue weighted by Crippen LogP contribution is 2.10. The molecule has 0 spiro atoms. The second-order valence-electron chi connectivity index (χ2n) is 2.71. The maximum Gasteiger partial charge on any atom is 0.269 e. The van der Waals surface area contributed by atoms with Crippen LogP contribution in [0.4, 0.5) is 5.69 Å². The van der Waals surface area contributed by atoms with Gasteiger partial charge in [0.1, 0.15) is 0 Å². The van der Waals surface area contributed by atoms with Gasteiger partial charge in [-0.3, -0.25) is 15.5 Å². The maximum absolute atomic E-state index is 10.4. The number of nitro groups is 1. The lowest BCUT2D eigenvalue weighted by molar-refractivity contribution is -0.384. The van der Waals surface area contributed by atoms with E-state index in [-0.39, 0.29) is 5.69 Å². The first kappa shape index (κ1) is 12.6. The number of nitrogens with one attached hydrogen (secondary N) is 1. The predicted molar refractivity (Wildman–Crippen MR) is 69.9 cm³/mol. The molecule has 0 aliphatic rings. The van der Waals surface area contributed by atoms with E-state index in [2.05, 4.69) is 10.5 Å². The minimum absolute atomic E-state index is 0.0599. The standard InChI is InChI=1S/C9H9N3O2S2/c1-16-9(15)11-10-6-7-2-4-8(5-3-7)12(13)14/h2-6H,1H3,(H,11,15)/b10-6+. The molecule has 1 N–H and O–H groups in total. The van der Waals surface area contributed by atoms with Crippen molar-refractivity contribution < 1.29 is 4.92 Å². The SMILES string of the molecule is CSC(=S)N/N=C/c1ccc([N+](=O)[O-])cc1. The molecule has 0 aliphatic heterocycles. The minimum atomic E-state index is -0.442. The number of nitro benzene ring substituents is 1. The van der Waals surface area contributed by atoms with Crippen LogP contribution in [-0.4, -0.2) is 21.7 Å². The Bertz CT molecular complexity index is 417. The van der Waals surface area contributed by atoms with Crippen molar-refractivity contribution in [3.63, 3.8) is 0 Å². The molecule has 0 unspecified atom stereocenters. The molecular weight excluding hydrogens is 246 g/mol. The highest BCUT2D eigenvalue weighted by molar-refractivity contribution is 8.22. The summed E-state index contributed by atoms with van der Waals surface area (Å²) < 4.78 is 0.568. The molecule has 1 rings (SSSR count). The molecule has 0 aromatic heterocycles. The van der Waals surface area contributed by atoms with E-state index in [1.54, 1.807) is 18.3 Å². The average molecular weight is 255 g/mol. The summed E-state index contributed by atoms with van der Waals surface area (Å²) in [5.74, 6) is 0. The highest BCUT2D eigenvalue weighted by atomic mass is 32.2. The van der Waals surface area contributed by atoms with Crippen LogP contribution in [0.15, 0.2) is 29.4 Å². The fourth-order valence-corrected chi connectivity index (χ4v) is 1.08. The van der Waals surface area contributed by atoms with Crippen molar-refractivity contribution in [2.75, 3.05) is 6.26 Å². The van der Waals surface area contributed by atoms with Crippen molar-refractivity contribution in [2.24, 2.45) is 5.10 Å². The number of rotatable bonds is 3. The van der Waals surface area contributed by atoms with E-state index in [9.17, 15) is 10.1 Å². The summed E-state index contributed by atoms with van der Waals surface area (Å²) >= 11 is 6.26. The first-order valence-electron chi connectivity index (χ1n) is 4.25. The van der Waals surface area contributed by atoms with Crippen molar-refractivity contribution in [1.29, 1.82) is 0 Å². The molecule has 1 aromatic rings. The smallest absolute Gasteiger partial charge is 0.262 e. The van der Waals surface area contributed by atoms with Crippen LogP contribution in [0.2, 0.25) is 0 Å². The van der Waals surface area contributed by atoms with Crippen LogP contribution in [0.3, 0.4) is 0 Å². The Morgan fingerprint density at radius 3 is 2.69 bits per heavy atom. The summed E-state index contributed by atoms with van der Waals surface area (Å²) in [7, 11) is 0. The van der Waals surface area contributed by atoms with Crippen LogP contribution >= 0.6 is 24.0 Å². The van der Waals surface area contributed by atoms with E-state index in [1.807, 2.05) is 6.26 Å². The van der Waals surface area contributed by atoms with Gasteiger partial charge in [-0.1, -0.05) is 24.0 Å². The topological polar surface area (TPSA) is 67.5 Å². The average Bonchev–Trinajstić information content (AvgIpc) is 2.29. The third-order valence-corrected chi connectivity index (χ3v) is 2.71. The second kappa shape index (κ2) is 6.19. The lowest BCUT2D eigenvalue weighted by Crippen LogP contribution is -2.10. The highest BCUT2D eigenvalue weighted by Gasteiger charge is 2.02. The van der Waals surface area contributed by atoms with Crippen molar-refractivity contribution >= 4 is 40.2 Å². The number of hydrogen-bond donors (Lipinski definition) is 1. The molecule has 0 radical (unpaired) electrons. The molecule has 0 saturated heterocycles. The van der Waals surface area contributed by atoms with Gasteiger partial charge in [-0.05, 0) is 24.0 Å². The molecule has 0 aliphatic carbocycles. The van der Waals surface area contributed by atoms with Gasteiger partial charge in [0.15, 0.2) is 4.32 Å². The number of non-ortho nitro benzene ring substituents is 1. The predicted octanol–water partition coefficient (Wildman–Crippen LogP) is 2.17. The zero-order valence-corrected chi connectivity index (χ0v) is 10.0. The minimum Gasteiger partial charge on any atom is -0.262 e. The van der Waals surface area contributed by atoms with Gasteiger partial charge >= 0.3 is 0 Å². The molecule has 0 fully saturated rings. The van der Waals surface area contributed by atoms with Crippen LogP contribution in [-0.2, 0) is 0 Å². The molecule has 0 bridgehead atoms. The number of nitrogens with zero attached hydrogens (tertiary/aromatic N) is 2. The molecule has 0 atom stereocenters. The summed E-state index contributed by atoms with van der Waals surface area (Å²) in [6.07, 6.45) is 3.39. The van der Waals surface area contributed by atoms with Crippen molar-refractivity contribution in [3.05, 3.63) is 39.9 Å². The van der Waals surface area contributed by atoms with E-state index in [4.69, 9.17) is 12.2 Å². The number of thioether (sulfide) groups is 1. The van der Waals surface area contributed by atoms with E-state index in [1.165, 1.54) is 23.9 Å². The van der Waals surface area contributed by atoms with E-state index in [0.717, 1.165) is 5.56 Å². The van der Waals surface area contributed by atoms with Gasteiger partial charge < -0.3 is 0 Å². The van der Waals surface area contributed by atoms with E-state index in [0.29, 0.717) is 4.32 Å². The van der Waals surface area contributed by atoms with Gasteiger partial charge in [0, 0.05) is 12.1 Å². The first-order valence-corrected chi connectivity index (χ1v) is 5.88. The fraction of sp³-hybridized carbons (Fsp3) is 0.111. The van der Waals surface area contributed by atoms with Crippen molar-refractivity contribution in [2.45, 2.75) is 0 Å². The van der Waals surface area contributed by atoms with E-state index >= 15 is 0 Å². The largest absolute Gasteiger partial charge is 0.269 e. The van der Waals surface area contributed by atoms with Gasteiger partial charge in [-0.15, -0.1) is 0 Å². The molecule has 0 amide bonds. The van der Waals surface area contributed by atoms with Crippen molar-refractivity contribution in [1.82, 2.24) is 5.43 Å². The Balaban J connectivity index is 2.61. The summed E-state index contributed by atoms with van der Waals surface area (Å²) in [4.78, 5) is 9.95. The molecule has 1 aromatic carbocycles. The Morgan fingerprint density at radius 1 is 1.56 bits per heavy atom. The zero-order chi connectivity index (χ0) is 12.0. The quantitative estimate of drug-likeness (QED) is 0.388. The summed E-state index contributed by atoms with van der Waals surface area (Å²) in [6, 6.07) is 6.08. The monoisotopic (exact) mass is 255 g/mol. The lowest BCUT2D eigenvalue weighted by Gasteiger charge is -1.96. The first-order chi connectivity index (χ1) is 7.63. The van der Waals surface area contributed by atoms with Crippen LogP contribution in [0.1, 0.15) is 5.56 Å². The van der Waals surface area contributed by atoms with Crippen LogP contribution in [0, 0.1) is 10.1 Å². The van der Waals surface area contributed by atoms with Gasteiger partial charge in [0.2, 0.25) is 0 Å². The molecule has 5 nitrogen and oxygen atoms in total. The lowest BCUT2D eigenvalue weighted by atomic mass is 10.2. The Labute approximate surface area is 102 Å². The summed E-state index contributed by atoms with van der Waals surface area (Å²) in [5.41, 5.74) is 3.47. The second-order valence-corrected chi connectivity index (χ2v) is 4.19. The third kappa shape index (κ3) is 3.95. The third-order valence-electron chi connectivity index (χ3n) is 1.66. The van der Waals surface area contributed by atoms with Gasteiger partial charge in [0.05, 0.1) is 11.1 Å². The normalized spacial score (nSPS) is 10.3. The van der Waals surface area contributed by atoms with Gasteiger partial charge in [-0.2, -0.15) is 5.10 Å². The summed E-state index contributed by atoms with van der Waals surface area (Å²) in [6.45, 7) is 0. The Kier molecular flexibility index (Phi) is 4.87. The molecule has 84 valence electrons. The Morgan fingerprint density at radius 2 is 2.19 bits per heavy atom. The molecule has 0 saturated carbocycles. The number of hydrazone groups is 1. The molecule has 7 heteroatoms. The fourth-order valence-electron chi connectivity index (χ4n) is 0.887.